The van der Waals surface area contributed by atoms with Crippen LogP contribution in [0.2, 0.25) is 0 Å². The maximum atomic E-state index is 4.35. The first kappa shape index (κ1) is 11.8. The number of pyridine rings is 1. The lowest BCUT2D eigenvalue weighted by molar-refractivity contribution is 0.602. The summed E-state index contributed by atoms with van der Waals surface area (Å²) in [6, 6.07) is 6.02. The van der Waals surface area contributed by atoms with Gasteiger partial charge in [-0.1, -0.05) is 13.0 Å². The molecule has 0 aliphatic rings. The summed E-state index contributed by atoms with van der Waals surface area (Å²) in [5.41, 5.74) is 1.12. The van der Waals surface area contributed by atoms with Gasteiger partial charge in [0.05, 0.1) is 6.54 Å². The number of hydrogen-bond donors (Lipinski definition) is 1. The third-order valence-corrected chi connectivity index (χ3v) is 2.67. The molecule has 0 saturated carbocycles. The molecule has 0 spiro atoms. The standard InChI is InChI=1S/C13H18N4/c1-2-14-11-13-16-8-10-17(13)9-6-12-5-3-4-7-15-12/h3-5,7-8,10,14H,2,6,9,11H2,1H3. The molecule has 2 aromatic heterocycles. The number of imidazole rings is 1. The Morgan fingerprint density at radius 1 is 1.24 bits per heavy atom. The van der Waals surface area contributed by atoms with Gasteiger partial charge in [-0.2, -0.15) is 0 Å². The Morgan fingerprint density at radius 2 is 2.18 bits per heavy atom. The fraction of sp³-hybridized carbons (Fsp3) is 0.385. The average Bonchev–Trinajstić information content (AvgIpc) is 2.82. The van der Waals surface area contributed by atoms with Gasteiger partial charge in [-0.3, -0.25) is 4.98 Å². The molecule has 0 aliphatic heterocycles. The van der Waals surface area contributed by atoms with Crippen LogP contribution in [0.15, 0.2) is 36.8 Å². The van der Waals surface area contributed by atoms with Crippen LogP contribution in [0.3, 0.4) is 0 Å². The molecule has 2 heterocycles. The highest BCUT2D eigenvalue weighted by atomic mass is 15.1. The molecular weight excluding hydrogens is 212 g/mol. The van der Waals surface area contributed by atoms with Crippen LogP contribution in [0.4, 0.5) is 0 Å². The monoisotopic (exact) mass is 230 g/mol. The molecule has 4 heteroatoms. The van der Waals surface area contributed by atoms with Crippen LogP contribution in [0.25, 0.3) is 0 Å². The molecule has 0 unspecified atom stereocenters. The number of aryl methyl sites for hydroxylation is 2. The van der Waals surface area contributed by atoms with E-state index in [9.17, 15) is 0 Å². The zero-order chi connectivity index (χ0) is 11.9. The number of aromatic nitrogens is 3. The van der Waals surface area contributed by atoms with Crippen LogP contribution in [-0.2, 0) is 19.5 Å². The minimum atomic E-state index is 0.825. The van der Waals surface area contributed by atoms with E-state index in [2.05, 4.69) is 32.8 Å². The molecule has 1 N–H and O–H groups in total. The van der Waals surface area contributed by atoms with E-state index in [4.69, 9.17) is 0 Å². The van der Waals surface area contributed by atoms with E-state index in [-0.39, 0.29) is 0 Å². The molecule has 2 aromatic rings. The van der Waals surface area contributed by atoms with E-state index in [1.807, 2.05) is 30.7 Å². The molecule has 0 atom stereocenters. The molecule has 0 radical (unpaired) electrons. The molecule has 17 heavy (non-hydrogen) atoms. The van der Waals surface area contributed by atoms with Crippen molar-refractivity contribution in [1.82, 2.24) is 19.9 Å². The Morgan fingerprint density at radius 3 is 2.94 bits per heavy atom. The number of nitrogens with one attached hydrogen (secondary N) is 1. The van der Waals surface area contributed by atoms with Crippen LogP contribution in [-0.4, -0.2) is 21.1 Å². The summed E-state index contributed by atoms with van der Waals surface area (Å²) < 4.78 is 2.18. The molecule has 4 nitrogen and oxygen atoms in total. The molecule has 0 saturated heterocycles. The van der Waals surface area contributed by atoms with E-state index in [0.29, 0.717) is 0 Å². The topological polar surface area (TPSA) is 42.7 Å². The Labute approximate surface area is 102 Å². The van der Waals surface area contributed by atoms with Gasteiger partial charge in [-0.05, 0) is 18.7 Å². The van der Waals surface area contributed by atoms with Gasteiger partial charge in [0.2, 0.25) is 0 Å². The minimum absolute atomic E-state index is 0.825. The number of hydrogen-bond acceptors (Lipinski definition) is 3. The van der Waals surface area contributed by atoms with Gasteiger partial charge in [-0.25, -0.2) is 4.98 Å². The highest BCUT2D eigenvalue weighted by Crippen LogP contribution is 2.02. The molecule has 90 valence electrons. The van der Waals surface area contributed by atoms with E-state index < -0.39 is 0 Å². The average molecular weight is 230 g/mol. The van der Waals surface area contributed by atoms with Crippen LogP contribution in [0.1, 0.15) is 18.4 Å². The second-order valence-electron chi connectivity index (χ2n) is 3.89. The zero-order valence-corrected chi connectivity index (χ0v) is 10.1. The number of nitrogens with zero attached hydrogens (tertiary/aromatic N) is 3. The lowest BCUT2D eigenvalue weighted by atomic mass is 10.3. The molecule has 0 fully saturated rings. The first-order chi connectivity index (χ1) is 8.40. The summed E-state index contributed by atoms with van der Waals surface area (Å²) in [5, 5.41) is 3.29. The molecule has 2 rings (SSSR count). The smallest absolute Gasteiger partial charge is 0.122 e. The van der Waals surface area contributed by atoms with Crippen molar-refractivity contribution in [1.29, 1.82) is 0 Å². The molecule has 0 bridgehead atoms. The zero-order valence-electron chi connectivity index (χ0n) is 10.1. The maximum absolute atomic E-state index is 4.35. The van der Waals surface area contributed by atoms with Crippen molar-refractivity contribution in [3.63, 3.8) is 0 Å². The maximum Gasteiger partial charge on any atom is 0.122 e. The third-order valence-electron chi connectivity index (χ3n) is 2.67. The normalized spacial score (nSPS) is 10.6. The summed E-state index contributed by atoms with van der Waals surface area (Å²) in [7, 11) is 0. The lowest BCUT2D eigenvalue weighted by Crippen LogP contribution is -2.16. The molecule has 0 aromatic carbocycles. The Balaban J connectivity index is 1.92. The van der Waals surface area contributed by atoms with Gasteiger partial charge in [-0.15, -0.1) is 0 Å². The van der Waals surface area contributed by atoms with Gasteiger partial charge >= 0.3 is 0 Å². The number of rotatable bonds is 6. The predicted molar refractivity (Wildman–Crippen MR) is 67.5 cm³/mol. The van der Waals surface area contributed by atoms with Crippen LogP contribution in [0.5, 0.6) is 0 Å². The van der Waals surface area contributed by atoms with Gasteiger partial charge in [0.25, 0.3) is 0 Å². The van der Waals surface area contributed by atoms with Crippen LogP contribution >= 0.6 is 0 Å². The van der Waals surface area contributed by atoms with Crippen LogP contribution < -0.4 is 5.32 Å². The molecule has 0 amide bonds. The SMILES string of the molecule is CCNCc1nccn1CCc1ccccn1. The predicted octanol–water partition coefficient (Wildman–Crippen LogP) is 1.63. The summed E-state index contributed by atoms with van der Waals surface area (Å²) in [6.45, 7) is 4.82. The third kappa shape index (κ3) is 3.39. The van der Waals surface area contributed by atoms with Crippen LogP contribution in [0, 0.1) is 0 Å². The summed E-state index contributed by atoms with van der Waals surface area (Å²) in [4.78, 5) is 8.67. The second kappa shape index (κ2) is 6.15. The van der Waals surface area contributed by atoms with E-state index in [1.165, 1.54) is 0 Å². The van der Waals surface area contributed by atoms with Gasteiger partial charge in [0, 0.05) is 37.3 Å². The Kier molecular flexibility index (Phi) is 4.27. The summed E-state index contributed by atoms with van der Waals surface area (Å²) in [5.74, 6) is 1.09. The van der Waals surface area contributed by atoms with Crippen molar-refractivity contribution in [3.05, 3.63) is 48.3 Å². The fourth-order valence-electron chi connectivity index (χ4n) is 1.73. The van der Waals surface area contributed by atoms with Gasteiger partial charge in [0.1, 0.15) is 5.82 Å². The van der Waals surface area contributed by atoms with E-state index in [0.717, 1.165) is 37.6 Å². The first-order valence-electron chi connectivity index (χ1n) is 6.00. The van der Waals surface area contributed by atoms with Crippen molar-refractivity contribution >= 4 is 0 Å². The molecule has 0 aliphatic carbocycles. The largest absolute Gasteiger partial charge is 0.333 e. The minimum Gasteiger partial charge on any atom is -0.333 e. The van der Waals surface area contributed by atoms with Crippen molar-refractivity contribution in [2.45, 2.75) is 26.4 Å². The quantitative estimate of drug-likeness (QED) is 0.820. The van der Waals surface area contributed by atoms with Crippen molar-refractivity contribution in [2.24, 2.45) is 0 Å². The van der Waals surface area contributed by atoms with Crippen molar-refractivity contribution < 1.29 is 0 Å². The highest BCUT2D eigenvalue weighted by molar-refractivity contribution is 5.04. The Bertz CT molecular complexity index is 436. The Hall–Kier alpha value is -1.68. The summed E-state index contributed by atoms with van der Waals surface area (Å²) in [6.07, 6.45) is 6.65. The van der Waals surface area contributed by atoms with Gasteiger partial charge in [0.15, 0.2) is 0 Å². The van der Waals surface area contributed by atoms with Crippen molar-refractivity contribution in [2.75, 3.05) is 6.54 Å². The lowest BCUT2D eigenvalue weighted by Gasteiger charge is -2.07. The fourth-order valence-corrected chi connectivity index (χ4v) is 1.73. The van der Waals surface area contributed by atoms with E-state index >= 15 is 0 Å². The van der Waals surface area contributed by atoms with Gasteiger partial charge < -0.3 is 9.88 Å². The van der Waals surface area contributed by atoms with E-state index in [1.54, 1.807) is 0 Å². The summed E-state index contributed by atoms with van der Waals surface area (Å²) >= 11 is 0. The second-order valence-corrected chi connectivity index (χ2v) is 3.89. The molecular formula is C13H18N4. The van der Waals surface area contributed by atoms with Crippen molar-refractivity contribution in [3.8, 4) is 0 Å². The highest BCUT2D eigenvalue weighted by Gasteiger charge is 2.02. The first-order valence-corrected chi connectivity index (χ1v) is 6.00.